The van der Waals surface area contributed by atoms with Gasteiger partial charge in [0.05, 0.1) is 17.5 Å². The van der Waals surface area contributed by atoms with Gasteiger partial charge < -0.3 is 9.47 Å². The summed E-state index contributed by atoms with van der Waals surface area (Å²) in [6.45, 7) is 3.14. The van der Waals surface area contributed by atoms with E-state index >= 15 is 0 Å². The van der Waals surface area contributed by atoms with Gasteiger partial charge in [0, 0.05) is 13.2 Å². The van der Waals surface area contributed by atoms with Gasteiger partial charge in [-0.1, -0.05) is 35.8 Å². The molecular formula is C22H29NO4S. The van der Waals surface area contributed by atoms with Gasteiger partial charge in [-0.3, -0.25) is 0 Å². The topological polar surface area (TPSA) is 55.8 Å². The number of ether oxygens (including phenoxy) is 2. The number of terminal acetylenes is 1. The molecule has 0 bridgehead atoms. The number of sulfonamides is 1. The van der Waals surface area contributed by atoms with Crippen LogP contribution in [0.25, 0.3) is 0 Å². The fourth-order valence-electron chi connectivity index (χ4n) is 3.60. The molecule has 0 amide bonds. The van der Waals surface area contributed by atoms with E-state index in [9.17, 15) is 8.42 Å². The van der Waals surface area contributed by atoms with Crippen LogP contribution >= 0.6 is 0 Å². The Morgan fingerprint density at radius 3 is 2.57 bits per heavy atom. The molecule has 0 saturated carbocycles. The van der Waals surface area contributed by atoms with Crippen molar-refractivity contribution < 1.29 is 17.9 Å². The van der Waals surface area contributed by atoms with E-state index in [-0.39, 0.29) is 29.8 Å². The number of hydrogen-bond donors (Lipinski definition) is 0. The molecule has 1 heterocycles. The Bertz CT molecular complexity index is 804. The van der Waals surface area contributed by atoms with Crippen molar-refractivity contribution in [1.29, 1.82) is 0 Å². The fourth-order valence-corrected chi connectivity index (χ4v) is 5.01. The lowest BCUT2D eigenvalue weighted by atomic mass is 9.94. The van der Waals surface area contributed by atoms with E-state index in [2.05, 4.69) is 12.0 Å². The maximum Gasteiger partial charge on any atom is 0.243 e. The van der Waals surface area contributed by atoms with Crippen molar-refractivity contribution in [3.05, 3.63) is 42.0 Å². The Labute approximate surface area is 168 Å². The number of hydrogen-bond acceptors (Lipinski definition) is 4. The van der Waals surface area contributed by atoms with Crippen LogP contribution in [0.2, 0.25) is 0 Å². The number of nitrogens with zero attached hydrogens (tertiary/aromatic N) is 1. The minimum absolute atomic E-state index is 0.0362. The van der Waals surface area contributed by atoms with Crippen LogP contribution in [0.5, 0.6) is 0 Å². The maximum atomic E-state index is 13.0. The van der Waals surface area contributed by atoms with E-state index in [0.717, 1.165) is 44.3 Å². The third-order valence-electron chi connectivity index (χ3n) is 5.25. The van der Waals surface area contributed by atoms with E-state index in [1.807, 2.05) is 13.0 Å². The number of aryl methyl sites for hydroxylation is 1. The number of benzene rings is 1. The van der Waals surface area contributed by atoms with Crippen molar-refractivity contribution in [2.45, 2.75) is 56.3 Å². The predicted octanol–water partition coefficient (Wildman–Crippen LogP) is 3.50. The predicted molar refractivity (Wildman–Crippen MR) is 109 cm³/mol. The van der Waals surface area contributed by atoms with Crippen LogP contribution in [0.4, 0.5) is 0 Å². The van der Waals surface area contributed by atoms with Gasteiger partial charge in [-0.15, -0.1) is 6.42 Å². The lowest BCUT2D eigenvalue weighted by Gasteiger charge is -2.31. The molecule has 1 aliphatic carbocycles. The highest BCUT2D eigenvalue weighted by Crippen LogP contribution is 2.26. The summed E-state index contributed by atoms with van der Waals surface area (Å²) in [5.41, 5.74) is 1.02. The largest absolute Gasteiger partial charge is 0.353 e. The van der Waals surface area contributed by atoms with Crippen LogP contribution in [0, 0.1) is 25.2 Å². The van der Waals surface area contributed by atoms with Gasteiger partial charge in [0.2, 0.25) is 10.0 Å². The van der Waals surface area contributed by atoms with Crippen LogP contribution in [0.15, 0.2) is 41.3 Å². The maximum absolute atomic E-state index is 13.0. The summed E-state index contributed by atoms with van der Waals surface area (Å²) >= 11 is 0. The van der Waals surface area contributed by atoms with Crippen LogP contribution in [-0.2, 0) is 19.5 Å². The summed E-state index contributed by atoms with van der Waals surface area (Å²) in [5.74, 6) is 2.61. The zero-order chi connectivity index (χ0) is 20.0. The summed E-state index contributed by atoms with van der Waals surface area (Å²) < 4.78 is 39.0. The zero-order valence-electron chi connectivity index (χ0n) is 16.4. The summed E-state index contributed by atoms with van der Waals surface area (Å²) in [5, 5.41) is 0. The first-order valence-electron chi connectivity index (χ1n) is 9.94. The molecule has 1 saturated heterocycles. The van der Waals surface area contributed by atoms with Crippen molar-refractivity contribution in [2.24, 2.45) is 5.92 Å². The van der Waals surface area contributed by atoms with E-state index in [0.29, 0.717) is 6.54 Å². The van der Waals surface area contributed by atoms with Crippen LogP contribution in [0.3, 0.4) is 0 Å². The molecule has 5 nitrogen and oxygen atoms in total. The van der Waals surface area contributed by atoms with Gasteiger partial charge in [-0.05, 0) is 57.1 Å². The molecule has 1 aliphatic heterocycles. The minimum atomic E-state index is -3.61. The molecule has 1 aromatic rings. The second-order valence-electron chi connectivity index (χ2n) is 7.51. The first-order valence-corrected chi connectivity index (χ1v) is 11.4. The van der Waals surface area contributed by atoms with Gasteiger partial charge in [-0.25, -0.2) is 8.42 Å². The zero-order valence-corrected chi connectivity index (χ0v) is 17.2. The molecule has 3 rings (SSSR count). The van der Waals surface area contributed by atoms with Gasteiger partial charge in [0.25, 0.3) is 0 Å². The Morgan fingerprint density at radius 1 is 1.18 bits per heavy atom. The fraction of sp³-hybridized carbons (Fsp3) is 0.545. The quantitative estimate of drug-likeness (QED) is 0.517. The molecular weight excluding hydrogens is 374 g/mol. The van der Waals surface area contributed by atoms with Crippen LogP contribution in [0.1, 0.15) is 37.7 Å². The first-order chi connectivity index (χ1) is 13.5. The normalized spacial score (nSPS) is 25.5. The summed E-state index contributed by atoms with van der Waals surface area (Å²) in [7, 11) is -3.61. The molecule has 1 aromatic carbocycles. The second kappa shape index (κ2) is 9.71. The van der Waals surface area contributed by atoms with E-state index < -0.39 is 10.0 Å². The minimum Gasteiger partial charge on any atom is -0.353 e. The molecule has 28 heavy (non-hydrogen) atoms. The second-order valence-corrected chi connectivity index (χ2v) is 9.45. The Kier molecular flexibility index (Phi) is 7.30. The molecule has 1 fully saturated rings. The highest BCUT2D eigenvalue weighted by molar-refractivity contribution is 7.89. The summed E-state index contributed by atoms with van der Waals surface area (Å²) in [6, 6.07) is 6.88. The first kappa shape index (κ1) is 21.1. The van der Waals surface area contributed by atoms with Gasteiger partial charge in [0.1, 0.15) is 0 Å². The average molecular weight is 404 g/mol. The average Bonchev–Trinajstić information content (AvgIpc) is 2.70. The molecule has 2 aliphatic rings. The molecule has 6 heteroatoms. The van der Waals surface area contributed by atoms with Crippen LogP contribution < -0.4 is 0 Å². The molecule has 0 aromatic heterocycles. The Hall–Kier alpha value is -1.65. The highest BCUT2D eigenvalue weighted by atomic mass is 32.2. The summed E-state index contributed by atoms with van der Waals surface area (Å²) in [4.78, 5) is 0.281. The van der Waals surface area contributed by atoms with Gasteiger partial charge in [0.15, 0.2) is 6.29 Å². The molecule has 3 atom stereocenters. The smallest absolute Gasteiger partial charge is 0.243 e. The van der Waals surface area contributed by atoms with Crippen LogP contribution in [-0.4, -0.2) is 44.8 Å². The molecule has 3 unspecified atom stereocenters. The molecule has 0 N–H and O–H groups in total. The van der Waals surface area contributed by atoms with Crippen molar-refractivity contribution in [1.82, 2.24) is 4.31 Å². The standard InChI is InChI=1S/C22H29NO4S/c1-3-15-23(28(24,25)21-13-7-18(2)8-14-21)17-19-9-11-20(12-10-19)27-22-6-4-5-16-26-22/h1,7-9,11,13-14,19-20,22H,4-6,10,12,15-17H2,2H3. The highest BCUT2D eigenvalue weighted by Gasteiger charge is 2.28. The molecule has 152 valence electrons. The SMILES string of the molecule is C#CCN(CC1C=CC(OC2CCCCO2)CC1)S(=O)(=O)c1ccc(C)cc1. The molecule has 0 radical (unpaired) electrons. The monoisotopic (exact) mass is 403 g/mol. The van der Waals surface area contributed by atoms with E-state index in [1.54, 1.807) is 24.3 Å². The molecule has 0 spiro atoms. The van der Waals surface area contributed by atoms with Crippen molar-refractivity contribution in [3.63, 3.8) is 0 Å². The van der Waals surface area contributed by atoms with Gasteiger partial charge >= 0.3 is 0 Å². The lowest BCUT2D eigenvalue weighted by Crippen LogP contribution is -2.37. The van der Waals surface area contributed by atoms with Gasteiger partial charge in [-0.2, -0.15) is 4.31 Å². The van der Waals surface area contributed by atoms with E-state index in [4.69, 9.17) is 15.9 Å². The Balaban J connectivity index is 1.62. The van der Waals surface area contributed by atoms with E-state index in [1.165, 1.54) is 4.31 Å². The summed E-state index contributed by atoms with van der Waals surface area (Å²) in [6.07, 6.45) is 14.4. The van der Waals surface area contributed by atoms with Crippen molar-refractivity contribution in [3.8, 4) is 12.3 Å². The Morgan fingerprint density at radius 2 is 1.96 bits per heavy atom. The third kappa shape index (κ3) is 5.45. The van der Waals surface area contributed by atoms with Crippen molar-refractivity contribution >= 4 is 10.0 Å². The third-order valence-corrected chi connectivity index (χ3v) is 7.07. The number of rotatable bonds is 7. The van der Waals surface area contributed by atoms with Crippen molar-refractivity contribution in [2.75, 3.05) is 19.7 Å². The lowest BCUT2D eigenvalue weighted by molar-refractivity contribution is -0.180.